The van der Waals surface area contributed by atoms with Crippen LogP contribution < -0.4 is 5.32 Å². The third kappa shape index (κ3) is 10.6. The van der Waals surface area contributed by atoms with Gasteiger partial charge in [-0.1, -0.05) is 60.7 Å². The first-order chi connectivity index (χ1) is 17.3. The van der Waals surface area contributed by atoms with Gasteiger partial charge in [-0.15, -0.1) is 0 Å². The first kappa shape index (κ1) is 29.8. The molecule has 0 aromatic heterocycles. The number of nitrogens with zero attached hydrogens (tertiary/aromatic N) is 1. The van der Waals surface area contributed by atoms with Crippen LogP contribution in [0.3, 0.4) is 0 Å². The van der Waals surface area contributed by atoms with E-state index in [0.717, 1.165) is 6.21 Å². The van der Waals surface area contributed by atoms with Crippen molar-refractivity contribution in [1.29, 1.82) is 0 Å². The number of carbonyl (C=O) groups excluding carboxylic acids is 2. The van der Waals surface area contributed by atoms with E-state index in [2.05, 4.69) is 9.71 Å². The van der Waals surface area contributed by atoms with Crippen LogP contribution in [0.25, 0.3) is 0 Å². The lowest BCUT2D eigenvalue weighted by atomic mass is 10.0. The maximum absolute atomic E-state index is 12.8. The minimum absolute atomic E-state index is 0.0972. The molecule has 1 amide bonds. The Kier molecular flexibility index (Phi) is 10.6. The van der Waals surface area contributed by atoms with Gasteiger partial charge in [-0.25, -0.2) is 18.0 Å². The van der Waals surface area contributed by atoms with Gasteiger partial charge in [0.1, 0.15) is 19.3 Å². The molecule has 2 rings (SSSR count). The van der Waals surface area contributed by atoms with Gasteiger partial charge in [0, 0.05) is 19.1 Å². The molecule has 0 bridgehead atoms. The Morgan fingerprint density at radius 3 is 2.03 bits per heavy atom. The Morgan fingerprint density at radius 2 is 1.51 bits per heavy atom. The number of sulfonamides is 1. The van der Waals surface area contributed by atoms with Crippen LogP contribution >= 0.6 is 0 Å². The fourth-order valence-corrected chi connectivity index (χ4v) is 3.81. The summed E-state index contributed by atoms with van der Waals surface area (Å²) in [5.41, 5.74) is -1.87. The van der Waals surface area contributed by atoms with Crippen molar-refractivity contribution in [3.63, 3.8) is 0 Å². The fraction of sp³-hybridized carbons (Fsp3) is 0.375. The summed E-state index contributed by atoms with van der Waals surface area (Å²) in [7, 11) is -4.41. The molecule has 0 fully saturated rings. The third-order valence-corrected chi connectivity index (χ3v) is 6.24. The van der Waals surface area contributed by atoms with E-state index in [0.29, 0.717) is 18.1 Å². The molecule has 202 valence electrons. The molecular formula is C24H27F3N2O7S. The van der Waals surface area contributed by atoms with E-state index in [9.17, 15) is 36.3 Å². The molecule has 0 unspecified atom stereocenters. The summed E-state index contributed by atoms with van der Waals surface area (Å²) < 4.78 is 75.9. The first-order valence-corrected chi connectivity index (χ1v) is 12.6. The highest BCUT2D eigenvalue weighted by Gasteiger charge is 2.49. The van der Waals surface area contributed by atoms with Crippen LogP contribution in [0.1, 0.15) is 30.9 Å². The smallest absolute Gasteiger partial charge is 0.416 e. The molecule has 0 aliphatic rings. The highest BCUT2D eigenvalue weighted by Crippen LogP contribution is 2.32. The van der Waals surface area contributed by atoms with Crippen molar-refractivity contribution in [2.75, 3.05) is 5.75 Å². The van der Waals surface area contributed by atoms with Crippen molar-refractivity contribution in [2.24, 2.45) is 4.40 Å². The van der Waals surface area contributed by atoms with Gasteiger partial charge in [-0.3, -0.25) is 0 Å². The Hall–Kier alpha value is -3.45. The van der Waals surface area contributed by atoms with Crippen molar-refractivity contribution >= 4 is 28.3 Å². The van der Waals surface area contributed by atoms with E-state index in [4.69, 9.17) is 9.47 Å². The summed E-state index contributed by atoms with van der Waals surface area (Å²) in [5, 5.41) is 11.7. The topological polar surface area (TPSA) is 131 Å². The number of aliphatic hydroxyl groups is 1. The normalized spacial score (nSPS) is 14.5. The number of nitrogens with one attached hydrogen (secondary N) is 1. The number of alkyl halides is 3. The molecule has 2 aromatic rings. The highest BCUT2D eigenvalue weighted by atomic mass is 32.2. The second kappa shape index (κ2) is 13.2. The summed E-state index contributed by atoms with van der Waals surface area (Å²) in [5.74, 6) is -2.00. The quantitative estimate of drug-likeness (QED) is 0.309. The number of halogens is 3. The zero-order valence-corrected chi connectivity index (χ0v) is 20.7. The van der Waals surface area contributed by atoms with E-state index in [1.165, 1.54) is 0 Å². The van der Waals surface area contributed by atoms with E-state index < -0.39 is 58.5 Å². The maximum Gasteiger partial charge on any atom is 0.416 e. The van der Waals surface area contributed by atoms with Gasteiger partial charge in [0.15, 0.2) is 5.60 Å². The summed E-state index contributed by atoms with van der Waals surface area (Å²) in [4.78, 5) is 24.8. The van der Waals surface area contributed by atoms with Crippen molar-refractivity contribution in [1.82, 2.24) is 5.32 Å². The SMILES string of the molecule is C[C@@](O)(CCS(=O)(=O)N=CC[C@H](NC(=O)OCc1ccccc1)C(=O)OCc1ccccc1)C(F)(F)F. The summed E-state index contributed by atoms with van der Waals surface area (Å²) in [6, 6.07) is 15.9. The molecule has 37 heavy (non-hydrogen) atoms. The third-order valence-electron chi connectivity index (χ3n) is 5.05. The lowest BCUT2D eigenvalue weighted by molar-refractivity contribution is -0.253. The molecule has 0 aliphatic heterocycles. The minimum Gasteiger partial charge on any atom is -0.459 e. The highest BCUT2D eigenvalue weighted by molar-refractivity contribution is 7.90. The van der Waals surface area contributed by atoms with Gasteiger partial charge < -0.3 is 19.9 Å². The molecule has 0 saturated heterocycles. The average molecular weight is 545 g/mol. The van der Waals surface area contributed by atoms with Gasteiger partial charge in [-0.2, -0.15) is 17.6 Å². The molecular weight excluding hydrogens is 517 g/mol. The maximum atomic E-state index is 12.8. The molecule has 2 atom stereocenters. The molecule has 13 heteroatoms. The van der Waals surface area contributed by atoms with Crippen LogP contribution in [0, 0.1) is 0 Å². The average Bonchev–Trinajstić information content (AvgIpc) is 2.85. The zero-order valence-electron chi connectivity index (χ0n) is 19.8. The Bertz CT molecular complexity index is 1160. The second-order valence-corrected chi connectivity index (χ2v) is 9.97. The van der Waals surface area contributed by atoms with Gasteiger partial charge in [0.25, 0.3) is 10.0 Å². The number of carbonyl (C=O) groups is 2. The second-order valence-electron chi connectivity index (χ2n) is 8.18. The summed E-state index contributed by atoms with van der Waals surface area (Å²) in [6.45, 7) is 0.231. The van der Waals surface area contributed by atoms with E-state index in [1.54, 1.807) is 60.7 Å². The number of esters is 1. The van der Waals surface area contributed by atoms with Gasteiger partial charge >= 0.3 is 18.2 Å². The first-order valence-electron chi connectivity index (χ1n) is 11.0. The monoisotopic (exact) mass is 544 g/mol. The number of amides is 1. The molecule has 0 radical (unpaired) electrons. The largest absolute Gasteiger partial charge is 0.459 e. The van der Waals surface area contributed by atoms with E-state index >= 15 is 0 Å². The lowest BCUT2D eigenvalue weighted by Crippen LogP contribution is -2.43. The molecule has 0 heterocycles. The van der Waals surface area contributed by atoms with Crippen LogP contribution in [0.5, 0.6) is 0 Å². The summed E-state index contributed by atoms with van der Waals surface area (Å²) >= 11 is 0. The van der Waals surface area contributed by atoms with E-state index in [1.807, 2.05) is 0 Å². The number of ether oxygens (including phenoxy) is 2. The minimum atomic E-state index is -5.02. The lowest BCUT2D eigenvalue weighted by Gasteiger charge is -2.25. The van der Waals surface area contributed by atoms with Gasteiger partial charge in [0.05, 0.1) is 5.75 Å². The molecule has 2 N–H and O–H groups in total. The van der Waals surface area contributed by atoms with Crippen LogP contribution in [-0.4, -0.2) is 55.4 Å². The van der Waals surface area contributed by atoms with Crippen molar-refractivity contribution in [3.05, 3.63) is 71.8 Å². The molecule has 9 nitrogen and oxygen atoms in total. The Balaban J connectivity index is 2.02. The fourth-order valence-electron chi connectivity index (χ4n) is 2.73. The standard InChI is InChI=1S/C24H27F3N2O7S/c1-23(32,24(25,26)27)13-15-37(33,34)28-14-12-20(21(30)35-16-18-8-4-2-5-9-18)29-22(31)36-17-19-10-6-3-7-11-19/h2-11,14,20,32H,12-13,15-17H2,1H3,(H,29,31)/t20-,23+/m0/s1. The van der Waals surface area contributed by atoms with Crippen LogP contribution in [0.15, 0.2) is 65.1 Å². The van der Waals surface area contributed by atoms with Gasteiger partial charge in [0.2, 0.25) is 0 Å². The number of rotatable bonds is 12. The molecule has 0 aliphatic carbocycles. The number of benzene rings is 2. The predicted octanol–water partition coefficient (Wildman–Crippen LogP) is 3.52. The van der Waals surface area contributed by atoms with Crippen molar-refractivity contribution in [2.45, 2.75) is 50.8 Å². The summed E-state index contributed by atoms with van der Waals surface area (Å²) in [6.07, 6.45) is -6.83. The van der Waals surface area contributed by atoms with Gasteiger partial charge in [-0.05, 0) is 18.1 Å². The number of hydrogen-bond acceptors (Lipinski definition) is 7. The molecule has 0 saturated carbocycles. The van der Waals surface area contributed by atoms with Crippen molar-refractivity contribution < 1.29 is 45.8 Å². The number of hydrogen-bond donors (Lipinski definition) is 2. The zero-order chi connectivity index (χ0) is 27.5. The molecule has 0 spiro atoms. The molecule has 2 aromatic carbocycles. The van der Waals surface area contributed by atoms with Crippen LogP contribution in [0.2, 0.25) is 0 Å². The van der Waals surface area contributed by atoms with E-state index in [-0.39, 0.29) is 13.2 Å². The van der Waals surface area contributed by atoms with Crippen LogP contribution in [0.4, 0.5) is 18.0 Å². The Morgan fingerprint density at radius 1 is 1.00 bits per heavy atom. The van der Waals surface area contributed by atoms with Crippen LogP contribution in [-0.2, 0) is 37.5 Å². The Labute approximate surface area is 212 Å². The number of alkyl carbamates (subject to hydrolysis) is 1. The van der Waals surface area contributed by atoms with Crippen molar-refractivity contribution in [3.8, 4) is 0 Å². The predicted molar refractivity (Wildman–Crippen MR) is 128 cm³/mol.